The minimum Gasteiger partial charge on any atom is -0.324 e. The van der Waals surface area contributed by atoms with Crippen molar-refractivity contribution in [3.05, 3.63) is 29.3 Å². The standard InChI is InChI=1S/C16H19BrClNO/c1-14(2)15(3)8-9-16(14,12(15)17)13(20)19-11-7-5-4-6-10(11)18/h4-7,12H,8-9H2,1-3H3,(H,19,20). The molecule has 0 spiro atoms. The van der Waals surface area contributed by atoms with Gasteiger partial charge in [-0.3, -0.25) is 4.79 Å². The van der Waals surface area contributed by atoms with E-state index in [9.17, 15) is 4.79 Å². The number of halogens is 2. The summed E-state index contributed by atoms with van der Waals surface area (Å²) in [7, 11) is 0. The number of benzene rings is 1. The fourth-order valence-electron chi connectivity index (χ4n) is 4.25. The molecule has 0 aliphatic heterocycles. The highest BCUT2D eigenvalue weighted by molar-refractivity contribution is 9.09. The van der Waals surface area contributed by atoms with E-state index >= 15 is 0 Å². The van der Waals surface area contributed by atoms with Crippen LogP contribution in [0.2, 0.25) is 5.02 Å². The van der Waals surface area contributed by atoms with Crippen LogP contribution in [0.25, 0.3) is 0 Å². The van der Waals surface area contributed by atoms with Crippen molar-refractivity contribution in [1.29, 1.82) is 0 Å². The third kappa shape index (κ3) is 1.43. The molecule has 0 aromatic heterocycles. The molecule has 1 aromatic carbocycles. The van der Waals surface area contributed by atoms with Crippen molar-refractivity contribution >= 4 is 39.1 Å². The molecule has 0 radical (unpaired) electrons. The third-order valence-corrected chi connectivity index (χ3v) is 8.22. The van der Waals surface area contributed by atoms with Crippen molar-refractivity contribution in [3.63, 3.8) is 0 Å². The molecule has 20 heavy (non-hydrogen) atoms. The molecule has 1 aromatic rings. The minimum atomic E-state index is -0.332. The van der Waals surface area contributed by atoms with Crippen molar-refractivity contribution in [2.24, 2.45) is 16.2 Å². The van der Waals surface area contributed by atoms with Gasteiger partial charge in [-0.2, -0.15) is 0 Å². The highest BCUT2D eigenvalue weighted by Crippen LogP contribution is 2.79. The molecule has 0 heterocycles. The first kappa shape index (κ1) is 14.4. The lowest BCUT2D eigenvalue weighted by atomic mass is 9.43. The Labute approximate surface area is 133 Å². The zero-order valence-electron chi connectivity index (χ0n) is 12.0. The number of nitrogens with one attached hydrogen (secondary N) is 1. The van der Waals surface area contributed by atoms with Crippen molar-refractivity contribution in [2.45, 2.75) is 38.4 Å². The monoisotopic (exact) mass is 355 g/mol. The molecule has 1 amide bonds. The molecule has 3 fully saturated rings. The molecule has 4 rings (SSSR count). The smallest absolute Gasteiger partial charge is 0.232 e. The lowest BCUT2D eigenvalue weighted by molar-refractivity contribution is -0.155. The average Bonchev–Trinajstić information content (AvgIpc) is 2.80. The predicted octanol–water partition coefficient (Wildman–Crippen LogP) is 4.87. The summed E-state index contributed by atoms with van der Waals surface area (Å²) in [6.07, 6.45) is 2.02. The van der Waals surface area contributed by atoms with Crippen molar-refractivity contribution in [3.8, 4) is 0 Å². The highest BCUT2D eigenvalue weighted by Gasteiger charge is 2.80. The van der Waals surface area contributed by atoms with Gasteiger partial charge in [-0.1, -0.05) is 60.4 Å². The Kier molecular flexibility index (Phi) is 3.05. The summed E-state index contributed by atoms with van der Waals surface area (Å²) in [4.78, 5) is 13.1. The highest BCUT2D eigenvalue weighted by atomic mass is 79.9. The number of rotatable bonds is 2. The molecule has 3 unspecified atom stereocenters. The number of hydrogen-bond donors (Lipinski definition) is 1. The first-order valence-corrected chi connectivity index (χ1v) is 8.27. The van der Waals surface area contributed by atoms with Gasteiger partial charge in [0.25, 0.3) is 0 Å². The Morgan fingerprint density at radius 1 is 1.30 bits per heavy atom. The van der Waals surface area contributed by atoms with E-state index in [4.69, 9.17) is 11.6 Å². The lowest BCUT2D eigenvalue weighted by Gasteiger charge is -2.64. The van der Waals surface area contributed by atoms with E-state index in [0.717, 1.165) is 12.8 Å². The first-order chi connectivity index (χ1) is 9.27. The van der Waals surface area contributed by atoms with Gasteiger partial charge in [-0.05, 0) is 35.8 Å². The van der Waals surface area contributed by atoms with Crippen LogP contribution in [0.4, 0.5) is 5.69 Å². The second-order valence-corrected chi connectivity index (χ2v) is 8.13. The van der Waals surface area contributed by atoms with Crippen LogP contribution in [-0.4, -0.2) is 10.7 Å². The number of carbonyl (C=O) groups excluding carboxylic acids is 1. The average molecular weight is 357 g/mol. The molecule has 1 N–H and O–H groups in total. The molecule has 2 nitrogen and oxygen atoms in total. The zero-order chi connectivity index (χ0) is 14.8. The number of carbonyl (C=O) groups is 1. The molecular formula is C16H19BrClNO. The number of amides is 1. The van der Waals surface area contributed by atoms with Crippen LogP contribution < -0.4 is 5.32 Å². The van der Waals surface area contributed by atoms with Gasteiger partial charge in [-0.25, -0.2) is 0 Å². The summed E-state index contributed by atoms with van der Waals surface area (Å²) >= 11 is 9.92. The predicted molar refractivity (Wildman–Crippen MR) is 86.4 cm³/mol. The van der Waals surface area contributed by atoms with Crippen molar-refractivity contribution < 1.29 is 4.79 Å². The Balaban J connectivity index is 1.91. The van der Waals surface area contributed by atoms with E-state index < -0.39 is 0 Å². The van der Waals surface area contributed by atoms with Gasteiger partial charge in [0.1, 0.15) is 0 Å². The van der Waals surface area contributed by atoms with E-state index in [0.29, 0.717) is 10.7 Å². The second kappa shape index (κ2) is 4.23. The number of fused-ring (bicyclic) bond motifs is 1. The van der Waals surface area contributed by atoms with Crippen LogP contribution in [0.3, 0.4) is 0 Å². The van der Waals surface area contributed by atoms with Crippen LogP contribution >= 0.6 is 27.5 Å². The maximum atomic E-state index is 12.9. The fourth-order valence-corrected chi connectivity index (χ4v) is 6.25. The molecule has 4 heteroatoms. The number of hydrogen-bond acceptors (Lipinski definition) is 1. The number of alkyl halides is 1. The van der Waals surface area contributed by atoms with Crippen LogP contribution in [-0.2, 0) is 4.79 Å². The van der Waals surface area contributed by atoms with Gasteiger partial charge in [0.15, 0.2) is 0 Å². The van der Waals surface area contributed by atoms with Crippen molar-refractivity contribution in [1.82, 2.24) is 0 Å². The summed E-state index contributed by atoms with van der Waals surface area (Å²) < 4.78 is 0. The Bertz CT molecular complexity index is 588. The van der Waals surface area contributed by atoms with Crippen LogP contribution in [0.1, 0.15) is 33.6 Å². The van der Waals surface area contributed by atoms with E-state index in [-0.39, 0.29) is 27.0 Å². The SMILES string of the molecule is CC12CCC(C(=O)Nc3ccccc3Cl)(C1Br)C2(C)C. The Hall–Kier alpha value is -0.540. The summed E-state index contributed by atoms with van der Waals surface area (Å²) in [5.41, 5.74) is 0.565. The summed E-state index contributed by atoms with van der Waals surface area (Å²) in [6.45, 7) is 6.70. The summed E-state index contributed by atoms with van der Waals surface area (Å²) in [5.74, 6) is 0.0902. The number of anilines is 1. The van der Waals surface area contributed by atoms with E-state index in [1.165, 1.54) is 0 Å². The topological polar surface area (TPSA) is 29.1 Å². The first-order valence-electron chi connectivity index (χ1n) is 6.97. The molecule has 3 aliphatic rings. The Morgan fingerprint density at radius 3 is 2.45 bits per heavy atom. The molecule has 3 saturated carbocycles. The normalized spacial score (nSPS) is 37.4. The van der Waals surface area contributed by atoms with Gasteiger partial charge in [0, 0.05) is 4.83 Å². The van der Waals surface area contributed by atoms with E-state index in [1.54, 1.807) is 6.07 Å². The van der Waals surface area contributed by atoms with Crippen LogP contribution in [0.15, 0.2) is 24.3 Å². The molecule has 2 bridgehead atoms. The van der Waals surface area contributed by atoms with Gasteiger partial charge in [0.05, 0.1) is 16.1 Å². The molecule has 108 valence electrons. The van der Waals surface area contributed by atoms with Gasteiger partial charge in [-0.15, -0.1) is 0 Å². The van der Waals surface area contributed by atoms with E-state index in [2.05, 4.69) is 42.0 Å². The van der Waals surface area contributed by atoms with Gasteiger partial charge >= 0.3 is 0 Å². The van der Waals surface area contributed by atoms with Gasteiger partial charge < -0.3 is 5.32 Å². The van der Waals surface area contributed by atoms with E-state index in [1.807, 2.05) is 18.2 Å². The van der Waals surface area contributed by atoms with Crippen molar-refractivity contribution in [2.75, 3.05) is 5.32 Å². The quantitative estimate of drug-likeness (QED) is 0.753. The lowest BCUT2D eigenvalue weighted by Crippen LogP contribution is -2.68. The molecule has 3 aliphatic carbocycles. The van der Waals surface area contributed by atoms with Crippen LogP contribution in [0.5, 0.6) is 0 Å². The Morgan fingerprint density at radius 2 is 1.95 bits per heavy atom. The molecular weight excluding hydrogens is 338 g/mol. The maximum absolute atomic E-state index is 12.9. The van der Waals surface area contributed by atoms with Gasteiger partial charge in [0.2, 0.25) is 5.91 Å². The molecule has 3 atom stereocenters. The summed E-state index contributed by atoms with van der Waals surface area (Å²) in [6, 6.07) is 7.39. The zero-order valence-corrected chi connectivity index (χ0v) is 14.3. The van der Waals surface area contributed by atoms with Crippen LogP contribution in [0, 0.1) is 16.2 Å². The minimum absolute atomic E-state index is 0.000490. The summed E-state index contributed by atoms with van der Waals surface area (Å²) in [5, 5.41) is 3.62. The molecule has 0 saturated heterocycles. The maximum Gasteiger partial charge on any atom is 0.232 e. The number of para-hydroxylation sites is 1. The fraction of sp³-hybridized carbons (Fsp3) is 0.562. The third-order valence-electron chi connectivity index (χ3n) is 6.10. The second-order valence-electron chi connectivity index (χ2n) is 6.81. The largest absolute Gasteiger partial charge is 0.324 e.